The Balaban J connectivity index is 1.75. The van der Waals surface area contributed by atoms with Crippen molar-refractivity contribution in [3.05, 3.63) is 66.2 Å². The Morgan fingerprint density at radius 1 is 0.963 bits per heavy atom. The lowest BCUT2D eigenvalue weighted by Crippen LogP contribution is -2.39. The van der Waals surface area contributed by atoms with Crippen LogP contribution in [0.3, 0.4) is 0 Å². The van der Waals surface area contributed by atoms with Gasteiger partial charge in [-0.25, -0.2) is 0 Å². The van der Waals surface area contributed by atoms with Crippen LogP contribution in [0.5, 0.6) is 0 Å². The number of anilines is 1. The fraction of sp³-hybridized carbons (Fsp3) is 0.381. The van der Waals surface area contributed by atoms with E-state index in [4.69, 9.17) is 4.18 Å². The highest BCUT2D eigenvalue weighted by atomic mass is 32.2. The maximum Gasteiger partial charge on any atom is 0.272 e. The normalized spacial score (nSPS) is 16.6. The van der Waals surface area contributed by atoms with Crippen LogP contribution < -0.4 is 5.32 Å². The van der Waals surface area contributed by atoms with Crippen molar-refractivity contribution in [3.63, 3.8) is 0 Å². The molecule has 0 aromatic heterocycles. The molecule has 0 heterocycles. The second kappa shape index (κ2) is 9.15. The highest BCUT2D eigenvalue weighted by molar-refractivity contribution is 7.85. The predicted molar refractivity (Wildman–Crippen MR) is 106 cm³/mol. The van der Waals surface area contributed by atoms with Crippen LogP contribution >= 0.6 is 0 Å². The van der Waals surface area contributed by atoms with E-state index in [-0.39, 0.29) is 11.7 Å². The Morgan fingerprint density at radius 3 is 2.19 bits per heavy atom. The van der Waals surface area contributed by atoms with Crippen LogP contribution in [-0.2, 0) is 24.8 Å². The van der Waals surface area contributed by atoms with Gasteiger partial charge >= 0.3 is 0 Å². The second-order valence-electron chi connectivity index (χ2n) is 6.96. The minimum absolute atomic E-state index is 0.0898. The van der Waals surface area contributed by atoms with E-state index in [9.17, 15) is 13.2 Å². The Hall–Kier alpha value is -2.18. The third-order valence-electron chi connectivity index (χ3n) is 4.81. The number of amides is 1. The van der Waals surface area contributed by atoms with Crippen LogP contribution in [0.1, 0.15) is 37.7 Å². The highest BCUT2D eigenvalue weighted by Gasteiger charge is 2.34. The van der Waals surface area contributed by atoms with Gasteiger partial charge in [0, 0.05) is 5.69 Å². The first-order valence-corrected chi connectivity index (χ1v) is 10.9. The standard InChI is InChI=1S/C21H25NO4S/c23-21(22-19-14-8-3-9-15-19)20(18-12-6-2-7-13-18)26-27(24,25)16-17-10-4-1-5-11-17/h1,3-5,8-11,14-15,18,20H,2,6-7,12-13,16H2,(H,22,23)/t20-/m0/s1. The number of carbonyl (C=O) groups excluding carboxylic acids is 1. The van der Waals surface area contributed by atoms with Gasteiger partial charge in [0.15, 0.2) is 6.10 Å². The molecule has 1 aliphatic carbocycles. The van der Waals surface area contributed by atoms with E-state index in [2.05, 4.69) is 5.32 Å². The molecule has 0 aliphatic heterocycles. The fourth-order valence-corrected chi connectivity index (χ4v) is 4.71. The van der Waals surface area contributed by atoms with E-state index in [0.29, 0.717) is 11.3 Å². The molecule has 0 saturated heterocycles. The van der Waals surface area contributed by atoms with E-state index in [1.54, 1.807) is 36.4 Å². The third kappa shape index (κ3) is 5.91. The second-order valence-corrected chi connectivity index (χ2v) is 8.55. The van der Waals surface area contributed by atoms with Crippen LogP contribution in [0, 0.1) is 5.92 Å². The van der Waals surface area contributed by atoms with Crippen molar-refractivity contribution in [2.45, 2.75) is 44.0 Å². The number of benzene rings is 2. The summed E-state index contributed by atoms with van der Waals surface area (Å²) in [5.41, 5.74) is 1.27. The Labute approximate surface area is 160 Å². The molecule has 27 heavy (non-hydrogen) atoms. The van der Waals surface area contributed by atoms with Crippen LogP contribution in [0.25, 0.3) is 0 Å². The zero-order chi connectivity index (χ0) is 19.1. The van der Waals surface area contributed by atoms with E-state index < -0.39 is 22.1 Å². The summed E-state index contributed by atoms with van der Waals surface area (Å²) >= 11 is 0. The molecular weight excluding hydrogens is 362 g/mol. The lowest BCUT2D eigenvalue weighted by atomic mass is 9.85. The summed E-state index contributed by atoms with van der Waals surface area (Å²) in [6.45, 7) is 0. The molecule has 6 heteroatoms. The average molecular weight is 388 g/mol. The first-order chi connectivity index (χ1) is 13.0. The van der Waals surface area contributed by atoms with Gasteiger partial charge in [0.05, 0.1) is 0 Å². The lowest BCUT2D eigenvalue weighted by molar-refractivity contribution is -0.125. The summed E-state index contributed by atoms with van der Waals surface area (Å²) in [7, 11) is -3.88. The zero-order valence-electron chi connectivity index (χ0n) is 15.2. The molecular formula is C21H25NO4S. The summed E-state index contributed by atoms with van der Waals surface area (Å²) in [6, 6.07) is 17.9. The molecule has 2 aromatic carbocycles. The van der Waals surface area contributed by atoms with E-state index >= 15 is 0 Å². The van der Waals surface area contributed by atoms with E-state index in [1.807, 2.05) is 24.3 Å². The molecule has 1 atom stereocenters. The van der Waals surface area contributed by atoms with Gasteiger partial charge in [0.2, 0.25) is 0 Å². The first kappa shape index (κ1) is 19.6. The Bertz CT molecular complexity index is 831. The van der Waals surface area contributed by atoms with E-state index in [0.717, 1.165) is 32.1 Å². The molecule has 1 fully saturated rings. The maximum atomic E-state index is 12.8. The molecule has 1 aliphatic rings. The van der Waals surface area contributed by atoms with Crippen LogP contribution in [-0.4, -0.2) is 20.4 Å². The summed E-state index contributed by atoms with van der Waals surface area (Å²) in [6.07, 6.45) is 3.69. The van der Waals surface area contributed by atoms with Gasteiger partial charge < -0.3 is 5.32 Å². The average Bonchev–Trinajstić information content (AvgIpc) is 2.68. The highest BCUT2D eigenvalue weighted by Crippen LogP contribution is 2.30. The number of carbonyl (C=O) groups is 1. The lowest BCUT2D eigenvalue weighted by Gasteiger charge is -2.28. The van der Waals surface area contributed by atoms with Gasteiger partial charge in [-0.2, -0.15) is 8.42 Å². The van der Waals surface area contributed by atoms with Gasteiger partial charge in [-0.3, -0.25) is 8.98 Å². The molecule has 1 saturated carbocycles. The molecule has 1 amide bonds. The van der Waals surface area contributed by atoms with Crippen molar-refractivity contribution in [1.29, 1.82) is 0 Å². The zero-order valence-corrected chi connectivity index (χ0v) is 16.0. The van der Waals surface area contributed by atoms with Gasteiger partial charge in [-0.15, -0.1) is 0 Å². The largest absolute Gasteiger partial charge is 0.324 e. The molecule has 0 unspecified atom stereocenters. The Kier molecular flexibility index (Phi) is 6.63. The minimum Gasteiger partial charge on any atom is -0.324 e. The molecule has 3 rings (SSSR count). The van der Waals surface area contributed by atoms with Crippen molar-refractivity contribution in [3.8, 4) is 0 Å². The smallest absolute Gasteiger partial charge is 0.272 e. The fourth-order valence-electron chi connectivity index (χ4n) is 3.48. The number of hydrogen-bond donors (Lipinski definition) is 1. The number of hydrogen-bond acceptors (Lipinski definition) is 4. The number of para-hydroxylation sites is 1. The monoisotopic (exact) mass is 387 g/mol. The molecule has 5 nitrogen and oxygen atoms in total. The van der Waals surface area contributed by atoms with Gasteiger partial charge in [0.25, 0.3) is 16.0 Å². The molecule has 0 radical (unpaired) electrons. The first-order valence-electron chi connectivity index (χ1n) is 9.34. The quantitative estimate of drug-likeness (QED) is 0.726. The molecule has 2 aromatic rings. The van der Waals surface area contributed by atoms with Crippen molar-refractivity contribution in [2.75, 3.05) is 5.32 Å². The SMILES string of the molecule is O=C(Nc1ccccc1)[C@@H](OS(=O)(=O)Cc1ccccc1)C1CCCCC1. The topological polar surface area (TPSA) is 72.5 Å². The number of nitrogens with one attached hydrogen (secondary N) is 1. The summed E-state index contributed by atoms with van der Waals surface area (Å²) in [4.78, 5) is 12.8. The van der Waals surface area contributed by atoms with Gasteiger partial charge in [-0.05, 0) is 36.5 Å². The number of rotatable bonds is 7. The molecule has 1 N–H and O–H groups in total. The van der Waals surface area contributed by atoms with E-state index in [1.165, 1.54) is 0 Å². The van der Waals surface area contributed by atoms with Crippen molar-refractivity contribution in [2.24, 2.45) is 5.92 Å². The minimum atomic E-state index is -3.88. The molecule has 0 bridgehead atoms. The molecule has 144 valence electrons. The summed E-state index contributed by atoms with van der Waals surface area (Å²) < 4.78 is 30.7. The predicted octanol–water partition coefficient (Wildman–Crippen LogP) is 4.12. The maximum absolute atomic E-state index is 12.8. The van der Waals surface area contributed by atoms with Crippen LogP contribution in [0.2, 0.25) is 0 Å². The van der Waals surface area contributed by atoms with Gasteiger partial charge in [0.1, 0.15) is 5.75 Å². The van der Waals surface area contributed by atoms with Crippen LogP contribution in [0.4, 0.5) is 5.69 Å². The third-order valence-corrected chi connectivity index (χ3v) is 6.00. The Morgan fingerprint density at radius 2 is 1.56 bits per heavy atom. The molecule has 0 spiro atoms. The van der Waals surface area contributed by atoms with Crippen molar-refractivity contribution < 1.29 is 17.4 Å². The van der Waals surface area contributed by atoms with Crippen molar-refractivity contribution in [1.82, 2.24) is 0 Å². The summed E-state index contributed by atoms with van der Waals surface area (Å²) in [5, 5.41) is 2.80. The van der Waals surface area contributed by atoms with Gasteiger partial charge in [-0.1, -0.05) is 67.8 Å². The summed E-state index contributed by atoms with van der Waals surface area (Å²) in [5.74, 6) is -0.729. The van der Waals surface area contributed by atoms with Crippen molar-refractivity contribution >= 4 is 21.7 Å². The van der Waals surface area contributed by atoms with Crippen LogP contribution in [0.15, 0.2) is 60.7 Å².